The number of amides is 3. The molecule has 0 heterocycles. The summed E-state index contributed by atoms with van der Waals surface area (Å²) in [4.78, 5) is 40.5. The first-order chi connectivity index (χ1) is 22.1. The van der Waals surface area contributed by atoms with E-state index in [9.17, 15) is 28.3 Å². The summed E-state index contributed by atoms with van der Waals surface area (Å²) in [5.74, 6) is -2.13. The highest BCUT2D eigenvalue weighted by Gasteiger charge is 2.31. The summed E-state index contributed by atoms with van der Waals surface area (Å²) in [6.07, 6.45) is -2.09. The van der Waals surface area contributed by atoms with Gasteiger partial charge in [0.25, 0.3) is 5.91 Å². The number of likely N-dealkylation sites (N-methyl/N-ethyl adjacent to an activating group) is 1. The molecular formula is C36H54F2N4O6. The van der Waals surface area contributed by atoms with Crippen LogP contribution < -0.4 is 16.0 Å². The van der Waals surface area contributed by atoms with Crippen molar-refractivity contribution >= 4 is 17.9 Å². The molecule has 0 bridgehead atoms. The summed E-state index contributed by atoms with van der Waals surface area (Å²) in [7, 11) is 1.76. The van der Waals surface area contributed by atoms with Crippen LogP contribution in [0.3, 0.4) is 0 Å². The van der Waals surface area contributed by atoms with Crippen LogP contribution in [0.4, 0.5) is 13.6 Å². The topological polar surface area (TPSA) is 129 Å². The van der Waals surface area contributed by atoms with E-state index in [2.05, 4.69) is 16.0 Å². The molecule has 0 aliphatic rings. The monoisotopic (exact) mass is 676 g/mol. The summed E-state index contributed by atoms with van der Waals surface area (Å²) in [6.45, 7) is 15.0. The minimum absolute atomic E-state index is 0.0153. The fourth-order valence-corrected chi connectivity index (χ4v) is 4.61. The number of halogens is 2. The Morgan fingerprint density at radius 3 is 2.10 bits per heavy atom. The van der Waals surface area contributed by atoms with Gasteiger partial charge in [0, 0.05) is 25.6 Å². The van der Waals surface area contributed by atoms with Gasteiger partial charge in [0.15, 0.2) is 6.10 Å². The molecule has 2 aromatic rings. The minimum atomic E-state index is -1.59. The van der Waals surface area contributed by atoms with Gasteiger partial charge >= 0.3 is 6.09 Å². The molecule has 48 heavy (non-hydrogen) atoms. The lowest BCUT2D eigenvalue weighted by molar-refractivity contribution is -0.131. The van der Waals surface area contributed by atoms with E-state index >= 15 is 0 Å². The Morgan fingerprint density at radius 1 is 0.875 bits per heavy atom. The zero-order valence-electron chi connectivity index (χ0n) is 29.8. The molecule has 4 N–H and O–H groups in total. The highest BCUT2D eigenvalue weighted by Crippen LogP contribution is 2.19. The largest absolute Gasteiger partial charge is 0.444 e. The van der Waals surface area contributed by atoms with Gasteiger partial charge < -0.3 is 30.5 Å². The predicted octanol–water partition coefficient (Wildman–Crippen LogP) is 4.73. The van der Waals surface area contributed by atoms with Crippen LogP contribution in [0.1, 0.15) is 72.9 Å². The van der Waals surface area contributed by atoms with Crippen molar-refractivity contribution in [1.29, 1.82) is 0 Å². The summed E-state index contributed by atoms with van der Waals surface area (Å²) < 4.78 is 39.6. The molecule has 0 fully saturated rings. The number of hydrogen-bond donors (Lipinski definition) is 4. The van der Waals surface area contributed by atoms with Crippen molar-refractivity contribution in [2.24, 2.45) is 5.41 Å². The molecule has 268 valence electrons. The number of carbonyl (C=O) groups is 3. The first-order valence-electron chi connectivity index (χ1n) is 16.2. The maximum atomic E-state index is 14.5. The van der Waals surface area contributed by atoms with Gasteiger partial charge in [-0.3, -0.25) is 14.5 Å². The number of aliphatic hydroxyl groups excluding tert-OH is 1. The second-order valence-electron chi connectivity index (χ2n) is 15.0. The molecule has 0 aliphatic heterocycles. The van der Waals surface area contributed by atoms with Crippen molar-refractivity contribution in [3.63, 3.8) is 0 Å². The molecule has 2 rings (SSSR count). The maximum Gasteiger partial charge on any atom is 0.407 e. The number of nitrogens with zero attached hydrogens (tertiary/aromatic N) is 1. The molecule has 0 spiro atoms. The SMILES string of the molecule is CN(COC(C)(C)C)C(CC(=O)NCC(C)(C)CNC(=O)C(O)C(Cc1ccccc1)NC(=O)OC(C)(C)C)Cc1cc(F)ccc1F. The van der Waals surface area contributed by atoms with Gasteiger partial charge in [-0.25, -0.2) is 13.6 Å². The van der Waals surface area contributed by atoms with Crippen molar-refractivity contribution in [2.75, 3.05) is 26.9 Å². The van der Waals surface area contributed by atoms with E-state index in [-0.39, 0.29) is 50.6 Å². The first-order valence-corrected chi connectivity index (χ1v) is 16.2. The van der Waals surface area contributed by atoms with E-state index in [1.165, 1.54) is 0 Å². The summed E-state index contributed by atoms with van der Waals surface area (Å²) in [5, 5.41) is 19.2. The standard InChI is InChI=1S/C36H54F2N4O6/c1-34(2,3)47-23-42(9)27(19-25-18-26(37)15-16-28(25)38)20-30(43)39-21-36(7,8)22-40-32(45)31(44)29(17-24-13-11-10-12-14-24)41-33(46)48-35(4,5)6/h10-16,18,27,29,31,44H,17,19-23H2,1-9H3,(H,39,43)(H,40,45)(H,41,46). The lowest BCUT2D eigenvalue weighted by Crippen LogP contribution is -2.54. The van der Waals surface area contributed by atoms with Gasteiger partial charge in [-0.05, 0) is 96.2 Å². The number of nitrogens with one attached hydrogen (secondary N) is 3. The van der Waals surface area contributed by atoms with E-state index in [1.54, 1.807) is 32.7 Å². The minimum Gasteiger partial charge on any atom is -0.444 e. The zero-order chi connectivity index (χ0) is 36.3. The lowest BCUT2D eigenvalue weighted by Gasteiger charge is -2.32. The molecular weight excluding hydrogens is 622 g/mol. The van der Waals surface area contributed by atoms with Gasteiger partial charge in [-0.1, -0.05) is 44.2 Å². The Balaban J connectivity index is 2.03. The van der Waals surface area contributed by atoms with E-state index in [0.29, 0.717) is 0 Å². The third kappa shape index (κ3) is 15.5. The molecule has 2 aromatic carbocycles. The summed E-state index contributed by atoms with van der Waals surface area (Å²) in [5.41, 5.74) is -0.884. The molecule has 0 aromatic heterocycles. The van der Waals surface area contributed by atoms with E-state index in [0.717, 1.165) is 23.8 Å². The Labute approximate surface area is 283 Å². The predicted molar refractivity (Wildman–Crippen MR) is 181 cm³/mol. The fraction of sp³-hybridized carbons (Fsp3) is 0.583. The number of ether oxygens (including phenoxy) is 2. The first kappa shape index (κ1) is 40.6. The Hall–Kier alpha value is -3.61. The highest BCUT2D eigenvalue weighted by atomic mass is 19.1. The number of rotatable bonds is 16. The normalized spacial score (nSPS) is 14.2. The molecule has 0 aliphatic carbocycles. The molecule has 10 nitrogen and oxygen atoms in total. The van der Waals surface area contributed by atoms with Crippen LogP contribution in [-0.4, -0.2) is 84.2 Å². The Bertz CT molecular complexity index is 1340. The van der Waals surface area contributed by atoms with Crippen molar-refractivity contribution in [1.82, 2.24) is 20.9 Å². The number of hydrogen-bond acceptors (Lipinski definition) is 7. The second kappa shape index (κ2) is 17.7. The van der Waals surface area contributed by atoms with Crippen LogP contribution >= 0.6 is 0 Å². The molecule has 0 saturated carbocycles. The van der Waals surface area contributed by atoms with Crippen molar-refractivity contribution in [2.45, 2.75) is 104 Å². The Kier molecular flexibility index (Phi) is 14.9. The quantitative estimate of drug-likeness (QED) is 0.189. The van der Waals surface area contributed by atoms with E-state index in [1.807, 2.05) is 65.0 Å². The molecule has 3 amide bonds. The van der Waals surface area contributed by atoms with Crippen LogP contribution in [0.15, 0.2) is 48.5 Å². The average molecular weight is 677 g/mol. The molecule has 12 heteroatoms. The van der Waals surface area contributed by atoms with E-state index in [4.69, 9.17) is 9.47 Å². The number of aliphatic hydroxyl groups is 1. The lowest BCUT2D eigenvalue weighted by atomic mass is 9.92. The number of benzene rings is 2. The van der Waals surface area contributed by atoms with Crippen molar-refractivity contribution < 1.29 is 37.7 Å². The van der Waals surface area contributed by atoms with Crippen LogP contribution in [0.5, 0.6) is 0 Å². The molecule has 0 saturated heterocycles. The third-order valence-corrected chi connectivity index (χ3v) is 7.36. The molecule has 0 radical (unpaired) electrons. The van der Waals surface area contributed by atoms with Gasteiger partial charge in [-0.15, -0.1) is 0 Å². The van der Waals surface area contributed by atoms with Crippen molar-refractivity contribution in [3.05, 3.63) is 71.3 Å². The van der Waals surface area contributed by atoms with Crippen LogP contribution in [0.25, 0.3) is 0 Å². The van der Waals surface area contributed by atoms with Crippen LogP contribution in [-0.2, 0) is 31.9 Å². The average Bonchev–Trinajstić information content (AvgIpc) is 2.97. The van der Waals surface area contributed by atoms with Crippen LogP contribution in [0, 0.1) is 17.0 Å². The van der Waals surface area contributed by atoms with Crippen LogP contribution in [0.2, 0.25) is 0 Å². The number of alkyl carbamates (subject to hydrolysis) is 1. The van der Waals surface area contributed by atoms with Gasteiger partial charge in [0.1, 0.15) is 17.2 Å². The van der Waals surface area contributed by atoms with Gasteiger partial charge in [0.05, 0.1) is 18.4 Å². The molecule has 3 atom stereocenters. The zero-order valence-corrected chi connectivity index (χ0v) is 29.8. The second-order valence-corrected chi connectivity index (χ2v) is 15.0. The highest BCUT2D eigenvalue weighted by molar-refractivity contribution is 5.82. The third-order valence-electron chi connectivity index (χ3n) is 7.36. The van der Waals surface area contributed by atoms with Crippen molar-refractivity contribution in [3.8, 4) is 0 Å². The Morgan fingerprint density at radius 2 is 1.50 bits per heavy atom. The smallest absolute Gasteiger partial charge is 0.407 e. The van der Waals surface area contributed by atoms with Gasteiger partial charge in [0.2, 0.25) is 5.91 Å². The fourth-order valence-electron chi connectivity index (χ4n) is 4.61. The van der Waals surface area contributed by atoms with Gasteiger partial charge in [-0.2, -0.15) is 0 Å². The molecule has 3 unspecified atom stereocenters. The van der Waals surface area contributed by atoms with E-state index < -0.39 is 58.4 Å². The summed E-state index contributed by atoms with van der Waals surface area (Å²) >= 11 is 0. The number of carbonyl (C=O) groups excluding carboxylic acids is 3. The maximum absolute atomic E-state index is 14.5. The summed E-state index contributed by atoms with van der Waals surface area (Å²) in [6, 6.07) is 10.9.